The molecule has 0 amide bonds. The summed E-state index contributed by atoms with van der Waals surface area (Å²) in [6.07, 6.45) is -9.38. The molecule has 8 bridgehead atoms. The van der Waals surface area contributed by atoms with Crippen LogP contribution in [0, 0.1) is 35.5 Å². The number of carbonyl (C=O) groups excluding carboxylic acids is 2. The van der Waals surface area contributed by atoms with E-state index in [9.17, 15) is 85.9 Å². The van der Waals surface area contributed by atoms with Crippen molar-refractivity contribution >= 4 is 28.7 Å². The van der Waals surface area contributed by atoms with Gasteiger partial charge in [-0.05, 0) is 85.6 Å². The highest BCUT2D eigenvalue weighted by atomic mass is 16.8. The largest absolute Gasteiger partial charge is 0.507 e. The highest BCUT2D eigenvalue weighted by molar-refractivity contribution is 5.90. The zero-order valence-electron chi connectivity index (χ0n) is 46.7. The molecule has 10 heterocycles. The number of piperidine rings is 1. The Morgan fingerprint density at radius 3 is 2.41 bits per heavy atom. The maximum absolute atomic E-state index is 16.3. The number of fused-ring (bicyclic) bond motifs is 10. The zero-order chi connectivity index (χ0) is 62.4. The smallest absolute Gasteiger partial charge is 0.354 e. The fraction of sp³-hybridized carbons (Fsp3) is 0.484. The Hall–Kier alpha value is -7.64. The number of carboxylic acid groups (broad SMARTS) is 1. The van der Waals surface area contributed by atoms with Gasteiger partial charge in [0.1, 0.15) is 52.1 Å². The van der Waals surface area contributed by atoms with Crippen LogP contribution in [0.25, 0.3) is 22.3 Å². The van der Waals surface area contributed by atoms with Crippen LogP contribution < -0.4 is 20.8 Å². The van der Waals surface area contributed by atoms with E-state index in [4.69, 9.17) is 23.4 Å². The van der Waals surface area contributed by atoms with Crippen molar-refractivity contribution in [3.8, 4) is 58.0 Å². The fourth-order valence-corrected chi connectivity index (χ4v) is 14.8. The minimum absolute atomic E-state index is 0.00717. The number of rotatable bonds is 6. The molecule has 16 atom stereocenters. The first-order valence-corrected chi connectivity index (χ1v) is 29.0. The van der Waals surface area contributed by atoms with E-state index in [1.807, 2.05) is 6.08 Å². The molecular weight excluding hydrogens is 1150 g/mol. The first kappa shape index (κ1) is 59.3. The van der Waals surface area contributed by atoms with Crippen LogP contribution in [0.2, 0.25) is 0 Å². The number of carbonyl (C=O) groups is 3. The van der Waals surface area contributed by atoms with Crippen molar-refractivity contribution in [1.82, 2.24) is 15.6 Å². The quantitative estimate of drug-likeness (QED) is 0.0370. The van der Waals surface area contributed by atoms with Gasteiger partial charge in [-0.3, -0.25) is 14.9 Å². The van der Waals surface area contributed by atoms with E-state index in [0.717, 1.165) is 49.5 Å². The lowest BCUT2D eigenvalue weighted by molar-refractivity contribution is -0.434. The summed E-state index contributed by atoms with van der Waals surface area (Å²) in [7, 11) is 0. The van der Waals surface area contributed by atoms with Gasteiger partial charge in [0.25, 0.3) is 11.4 Å². The van der Waals surface area contributed by atoms with Crippen molar-refractivity contribution in [2.75, 3.05) is 13.2 Å². The van der Waals surface area contributed by atoms with Crippen LogP contribution in [0.5, 0.6) is 23.0 Å². The number of ether oxygens (including phenoxy) is 4. The fourth-order valence-electron chi connectivity index (χ4n) is 14.8. The van der Waals surface area contributed by atoms with Gasteiger partial charge in [0.05, 0.1) is 12.6 Å². The van der Waals surface area contributed by atoms with Crippen LogP contribution in [0.1, 0.15) is 98.4 Å². The number of dihydropyridines is 1. The molecule has 88 heavy (non-hydrogen) atoms. The maximum Gasteiger partial charge on any atom is 0.354 e. The second kappa shape index (κ2) is 21.0. The Labute approximate surface area is 498 Å². The van der Waals surface area contributed by atoms with E-state index < -0.39 is 185 Å². The Kier molecular flexibility index (Phi) is 14.2. The molecule has 2 aromatic carbocycles. The number of phenols is 3. The number of ketones is 1. The van der Waals surface area contributed by atoms with Gasteiger partial charge in [-0.1, -0.05) is 36.3 Å². The molecule has 0 radical (unpaired) electrons. The second-order valence-corrected chi connectivity index (χ2v) is 24.4. The Morgan fingerprint density at radius 2 is 1.65 bits per heavy atom. The van der Waals surface area contributed by atoms with Crippen LogP contribution >= 0.6 is 0 Å². The molecule has 26 heteroatoms. The molecule has 1 unspecified atom stereocenters. The summed E-state index contributed by atoms with van der Waals surface area (Å²) in [6.45, 7) is -1.52. The summed E-state index contributed by atoms with van der Waals surface area (Å²) >= 11 is 0. The average molecular weight is 1220 g/mol. The average Bonchev–Trinajstić information content (AvgIpc) is 1.26. The van der Waals surface area contributed by atoms with Crippen molar-refractivity contribution in [2.24, 2.45) is 11.8 Å². The van der Waals surface area contributed by atoms with Gasteiger partial charge in [-0.25, -0.2) is 9.59 Å². The van der Waals surface area contributed by atoms with Crippen molar-refractivity contribution in [3.63, 3.8) is 0 Å². The number of aromatic hydroxyl groups is 3. The van der Waals surface area contributed by atoms with E-state index >= 15 is 4.79 Å². The number of phenolic OH excluding ortho intramolecular Hbond substituents is 3. The summed E-state index contributed by atoms with van der Waals surface area (Å²) in [5.74, 6) is -13.2. The number of hydrogen-bond acceptors (Lipinski definition) is 24. The predicted molar refractivity (Wildman–Crippen MR) is 298 cm³/mol. The third-order valence-corrected chi connectivity index (χ3v) is 19.4. The third-order valence-electron chi connectivity index (χ3n) is 19.4. The highest BCUT2D eigenvalue weighted by Crippen LogP contribution is 2.60. The lowest BCUT2D eigenvalue weighted by Crippen LogP contribution is -2.81. The van der Waals surface area contributed by atoms with Gasteiger partial charge in [-0.15, -0.1) is 0 Å². The molecule has 26 nitrogen and oxygen atoms in total. The lowest BCUT2D eigenvalue weighted by Gasteiger charge is -2.59. The minimum Gasteiger partial charge on any atom is -0.507 e. The summed E-state index contributed by atoms with van der Waals surface area (Å²) in [4.78, 5) is 62.2. The number of allylic oxidation sites excluding steroid dienone is 3. The molecular formula is C62H63N3O23. The van der Waals surface area contributed by atoms with Gasteiger partial charge < -0.3 is 105 Å². The summed E-state index contributed by atoms with van der Waals surface area (Å²) in [5, 5.41) is 172. The van der Waals surface area contributed by atoms with Gasteiger partial charge in [0, 0.05) is 108 Å². The molecule has 4 saturated heterocycles. The number of aliphatic hydroxyl groups is 10. The second-order valence-electron chi connectivity index (χ2n) is 24.4. The number of hydrogen-bond donors (Lipinski definition) is 17. The van der Waals surface area contributed by atoms with E-state index in [1.54, 1.807) is 6.20 Å². The first-order chi connectivity index (χ1) is 41.9. The number of esters is 1. The summed E-state index contributed by atoms with van der Waals surface area (Å²) in [6, 6.07) is 6.27. The molecule has 14 rings (SSSR count). The number of H-pyrrole nitrogens is 1. The topological polar surface area (TPSA) is 441 Å². The van der Waals surface area contributed by atoms with Crippen molar-refractivity contribution in [3.05, 3.63) is 104 Å². The van der Waals surface area contributed by atoms with Crippen molar-refractivity contribution in [2.45, 2.75) is 159 Å². The number of aromatic amines is 1. The molecule has 464 valence electrons. The first-order valence-electron chi connectivity index (χ1n) is 29.0. The van der Waals surface area contributed by atoms with E-state index in [-0.39, 0.29) is 70.2 Å². The third kappa shape index (κ3) is 8.61. The Balaban J connectivity index is 1.14. The number of Topliss-reactive ketones (excluding diaryl/α,β-unsaturated/α-hetero) is 1. The Bertz CT molecular complexity index is 3920. The highest BCUT2D eigenvalue weighted by Gasteiger charge is 2.78. The standard InChI is InChI=1S/C62H63N3O23/c66-15-10-30-17-31(20-41(71)48(30)72)42-22-40(70)46-43(84-42)23-44-45(49(46)73)35(32-19-36-29-4-1-6-33(18-29)65-54(36)64-25-32)21-37-34-7-8-38(68)39(69)16-27(26-67)24-60-51(75)53(77)62(82,83)58(87-60,55(78)79)12-3-13-59(56(80)86-60)57(81,11-2-5-28-9-14-63-47(28)34)50(74)52(76)61(37,85-44)88-59/h9,14,17,19-23,25,27,29,33-35,38,50-54,63-68,71-77,81-83H,1,4,6-8,10-11,13,15-16,18,24,26H2,(H,78,79)/t27-,29+,33-,34-,35-,38+,50-,51-,52-,53-,54?,57+,58-,59-,60+,61+/m1/s1. The summed E-state index contributed by atoms with van der Waals surface area (Å²) in [5.41, 5.74) is -10.8. The molecule has 10 aliphatic rings. The maximum atomic E-state index is 16.3. The number of benzene rings is 2. The van der Waals surface area contributed by atoms with Gasteiger partial charge in [0.2, 0.25) is 17.2 Å². The van der Waals surface area contributed by atoms with Crippen LogP contribution in [-0.2, 0) is 35.0 Å². The van der Waals surface area contributed by atoms with Crippen molar-refractivity contribution in [1.29, 1.82) is 0 Å². The Morgan fingerprint density at radius 1 is 0.852 bits per heavy atom. The number of aliphatic hydroxyl groups excluding tert-OH is 7. The molecule has 4 aromatic rings. The zero-order valence-corrected chi connectivity index (χ0v) is 46.7. The van der Waals surface area contributed by atoms with Gasteiger partial charge in [0.15, 0.2) is 34.9 Å². The van der Waals surface area contributed by atoms with E-state index in [2.05, 4.69) is 39.3 Å². The normalized spacial score (nSPS) is 37.1. The molecule has 1 saturated carbocycles. The molecule has 3 spiro atoms. The number of aromatic nitrogens is 1. The molecule has 5 fully saturated rings. The summed E-state index contributed by atoms with van der Waals surface area (Å²) < 4.78 is 32.7. The van der Waals surface area contributed by atoms with Crippen molar-refractivity contribution < 1.29 is 109 Å². The minimum atomic E-state index is -4.11. The predicted octanol–water partition coefficient (Wildman–Crippen LogP) is -0.784. The van der Waals surface area contributed by atoms with Crippen LogP contribution in [-0.4, -0.2) is 184 Å². The molecule has 8 aliphatic heterocycles. The molecule has 17 N–H and O–H groups in total. The molecule has 2 aliphatic carbocycles. The van der Waals surface area contributed by atoms with E-state index in [1.165, 1.54) is 24.4 Å². The lowest BCUT2D eigenvalue weighted by atomic mass is 9.66. The van der Waals surface area contributed by atoms with Gasteiger partial charge >= 0.3 is 11.9 Å². The number of carboxylic acids is 1. The van der Waals surface area contributed by atoms with Gasteiger partial charge in [-0.2, -0.15) is 0 Å². The molecule has 2 aromatic heterocycles. The SMILES string of the molecule is O=C1C[C@@H](CO)C[C@]23OC(=O)[C@@]4(CC#C[C@](C(=O)O)(O2)C(O)(O)[C@H](O)[C@H]3O)O[C@@]23Oc5cc6oc(-c7cc(O)c(O)c(CCO)c7)cc(=O)c6c(O)c5[C@@H](C5=CNC6N[C@@H]7CCC[C@@H](C7)C6=C5)C=C2[C@@H](CC[C@@H]1O)c1[nH]ccc1C#CC[C@]4(O)[C@H](O)[C@H]3O. The number of aliphatic carboxylic acids is 1. The van der Waals surface area contributed by atoms with E-state index in [0.29, 0.717) is 5.57 Å². The van der Waals surface area contributed by atoms with Crippen LogP contribution in [0.15, 0.2) is 80.8 Å². The monoisotopic (exact) mass is 1220 g/mol. The number of nitrogens with one attached hydrogen (secondary N) is 3. The van der Waals surface area contributed by atoms with Crippen LogP contribution in [0.4, 0.5) is 0 Å². The van der Waals surface area contributed by atoms with Crippen LogP contribution in [0.3, 0.4) is 0 Å².